The highest BCUT2D eigenvalue weighted by molar-refractivity contribution is 5.93. The molecule has 1 heterocycles. The third-order valence-corrected chi connectivity index (χ3v) is 1.81. The summed E-state index contributed by atoms with van der Waals surface area (Å²) in [6, 6.07) is 0. The Morgan fingerprint density at radius 1 is 1.43 bits per heavy atom. The molecule has 0 saturated carbocycles. The van der Waals surface area contributed by atoms with Gasteiger partial charge in [-0.05, 0) is 37.1 Å². The minimum Gasteiger partial charge on any atom is -0.306 e. The fraction of sp³-hybridized carbons (Fsp3) is 0.167. The van der Waals surface area contributed by atoms with E-state index in [1.165, 1.54) is 0 Å². The largest absolute Gasteiger partial charge is 0.306 e. The summed E-state index contributed by atoms with van der Waals surface area (Å²) in [7, 11) is 0. The average Bonchev–Trinajstić information content (AvgIpc) is 2.10. The van der Waals surface area contributed by atoms with Gasteiger partial charge >= 0.3 is 0 Å². The molecule has 0 unspecified atom stereocenters. The maximum atomic E-state index is 7.29. The first-order valence-corrected chi connectivity index (χ1v) is 4.50. The van der Waals surface area contributed by atoms with Gasteiger partial charge in [-0.1, -0.05) is 18.2 Å². The van der Waals surface area contributed by atoms with Gasteiger partial charge in [-0.25, -0.2) is 0 Å². The van der Waals surface area contributed by atoms with Crippen LogP contribution in [0.15, 0.2) is 52.7 Å². The molecule has 0 spiro atoms. The van der Waals surface area contributed by atoms with Gasteiger partial charge in [0, 0.05) is 18.1 Å². The molecule has 0 radical (unpaired) electrons. The van der Waals surface area contributed by atoms with E-state index in [0.717, 1.165) is 11.1 Å². The summed E-state index contributed by atoms with van der Waals surface area (Å²) < 4.78 is 0. The zero-order chi connectivity index (χ0) is 10.4. The fourth-order valence-electron chi connectivity index (χ4n) is 1.01. The lowest BCUT2D eigenvalue weighted by Crippen LogP contribution is -1.88. The third-order valence-electron chi connectivity index (χ3n) is 1.81. The van der Waals surface area contributed by atoms with Gasteiger partial charge in [0.15, 0.2) is 0 Å². The average molecular weight is 186 g/mol. The SMILES string of the molecule is CC(=N)\C=C/C1=C(C)/C=C/C=C\N=C\1. The van der Waals surface area contributed by atoms with Crippen LogP contribution in [0.5, 0.6) is 0 Å². The second kappa shape index (κ2) is 5.12. The lowest BCUT2D eigenvalue weighted by atomic mass is 10.1. The Hall–Kier alpha value is -1.70. The van der Waals surface area contributed by atoms with E-state index in [0.29, 0.717) is 5.71 Å². The van der Waals surface area contributed by atoms with Crippen molar-refractivity contribution >= 4 is 11.9 Å². The molecule has 2 heteroatoms. The summed E-state index contributed by atoms with van der Waals surface area (Å²) in [6.07, 6.45) is 13.1. The molecule has 1 rings (SSSR count). The highest BCUT2D eigenvalue weighted by Gasteiger charge is 1.93. The van der Waals surface area contributed by atoms with Crippen LogP contribution in [-0.4, -0.2) is 11.9 Å². The predicted octanol–water partition coefficient (Wildman–Crippen LogP) is 3.05. The predicted molar refractivity (Wildman–Crippen MR) is 62.0 cm³/mol. The Labute approximate surface area is 84.6 Å². The lowest BCUT2D eigenvalue weighted by Gasteiger charge is -1.99. The molecule has 1 aliphatic rings. The molecule has 0 aromatic heterocycles. The van der Waals surface area contributed by atoms with E-state index < -0.39 is 0 Å². The number of hydrogen-bond donors (Lipinski definition) is 1. The summed E-state index contributed by atoms with van der Waals surface area (Å²) in [5.74, 6) is 0. The smallest absolute Gasteiger partial charge is 0.0342 e. The normalized spacial score (nSPS) is 28.1. The van der Waals surface area contributed by atoms with Crippen molar-refractivity contribution in [3.05, 3.63) is 47.7 Å². The van der Waals surface area contributed by atoms with Gasteiger partial charge in [-0.15, -0.1) is 0 Å². The van der Waals surface area contributed by atoms with Crippen molar-refractivity contribution < 1.29 is 0 Å². The van der Waals surface area contributed by atoms with Crippen molar-refractivity contribution in [2.45, 2.75) is 13.8 Å². The van der Waals surface area contributed by atoms with E-state index >= 15 is 0 Å². The molecule has 0 aliphatic carbocycles. The van der Waals surface area contributed by atoms with Crippen LogP contribution in [0.4, 0.5) is 0 Å². The quantitative estimate of drug-likeness (QED) is 0.643. The standard InChI is InChI=1S/C12H14N2/c1-10-5-3-4-8-14-9-12(10)7-6-11(2)13/h3-9,13H,1-2H3/b4-3?,5-3+,7-6-,8-4-,10-5?,12-9?,12-10-,13-11?,14-8?,14-9+. The van der Waals surface area contributed by atoms with Gasteiger partial charge in [0.2, 0.25) is 0 Å². The van der Waals surface area contributed by atoms with E-state index in [1.807, 2.05) is 31.2 Å². The molecule has 72 valence electrons. The van der Waals surface area contributed by atoms with Gasteiger partial charge in [0.1, 0.15) is 0 Å². The Morgan fingerprint density at radius 2 is 2.21 bits per heavy atom. The van der Waals surface area contributed by atoms with Crippen LogP contribution in [-0.2, 0) is 0 Å². The summed E-state index contributed by atoms with van der Waals surface area (Å²) in [6.45, 7) is 3.78. The second-order valence-corrected chi connectivity index (χ2v) is 3.13. The van der Waals surface area contributed by atoms with Crippen LogP contribution < -0.4 is 0 Å². The van der Waals surface area contributed by atoms with E-state index in [9.17, 15) is 0 Å². The minimum atomic E-state index is 0.542. The molecule has 0 atom stereocenters. The zero-order valence-corrected chi connectivity index (χ0v) is 8.49. The highest BCUT2D eigenvalue weighted by atomic mass is 14.7. The number of nitrogens with one attached hydrogen (secondary N) is 1. The van der Waals surface area contributed by atoms with Crippen molar-refractivity contribution in [1.82, 2.24) is 0 Å². The second-order valence-electron chi connectivity index (χ2n) is 3.13. The van der Waals surface area contributed by atoms with Gasteiger partial charge in [-0.2, -0.15) is 0 Å². The molecule has 0 fully saturated rings. The van der Waals surface area contributed by atoms with E-state index in [-0.39, 0.29) is 0 Å². The van der Waals surface area contributed by atoms with Crippen molar-refractivity contribution in [3.63, 3.8) is 0 Å². The summed E-state index contributed by atoms with van der Waals surface area (Å²) in [5, 5.41) is 7.29. The molecular weight excluding hydrogens is 172 g/mol. The lowest BCUT2D eigenvalue weighted by molar-refractivity contribution is 1.45. The Balaban J connectivity index is 2.93. The van der Waals surface area contributed by atoms with Crippen molar-refractivity contribution in [2.24, 2.45) is 4.99 Å². The number of nitrogens with zero attached hydrogens (tertiary/aromatic N) is 1. The molecule has 0 aromatic rings. The zero-order valence-electron chi connectivity index (χ0n) is 8.49. The molecular formula is C12H14N2. The molecule has 1 aliphatic heterocycles. The molecule has 0 aromatic carbocycles. The summed E-state index contributed by atoms with van der Waals surface area (Å²) >= 11 is 0. The highest BCUT2D eigenvalue weighted by Crippen LogP contribution is 2.07. The molecule has 1 N–H and O–H groups in total. The number of aliphatic imine (C=N–C) groups is 1. The van der Waals surface area contributed by atoms with Crippen molar-refractivity contribution in [2.75, 3.05) is 0 Å². The first kappa shape index (κ1) is 10.4. The molecule has 0 amide bonds. The van der Waals surface area contributed by atoms with E-state index in [2.05, 4.69) is 4.99 Å². The third kappa shape index (κ3) is 3.35. The van der Waals surface area contributed by atoms with Crippen molar-refractivity contribution in [1.29, 1.82) is 5.41 Å². The van der Waals surface area contributed by atoms with Crippen molar-refractivity contribution in [3.8, 4) is 0 Å². The van der Waals surface area contributed by atoms with Crippen LogP contribution in [0.3, 0.4) is 0 Å². The number of hydrogen-bond acceptors (Lipinski definition) is 2. The van der Waals surface area contributed by atoms with Crippen LogP contribution >= 0.6 is 0 Å². The van der Waals surface area contributed by atoms with E-state index in [4.69, 9.17) is 5.41 Å². The maximum absolute atomic E-state index is 7.29. The summed E-state index contributed by atoms with van der Waals surface area (Å²) in [4.78, 5) is 4.10. The Kier molecular flexibility index (Phi) is 3.80. The molecule has 14 heavy (non-hydrogen) atoms. The fourth-order valence-corrected chi connectivity index (χ4v) is 1.01. The van der Waals surface area contributed by atoms with Crippen LogP contribution in [0, 0.1) is 5.41 Å². The molecule has 0 bridgehead atoms. The van der Waals surface area contributed by atoms with Gasteiger partial charge in [-0.3, -0.25) is 4.99 Å². The molecule has 2 nitrogen and oxygen atoms in total. The van der Waals surface area contributed by atoms with Crippen LogP contribution in [0.25, 0.3) is 0 Å². The number of allylic oxidation sites excluding steroid dienone is 7. The summed E-state index contributed by atoms with van der Waals surface area (Å²) in [5.41, 5.74) is 2.73. The van der Waals surface area contributed by atoms with Crippen LogP contribution in [0.2, 0.25) is 0 Å². The monoisotopic (exact) mass is 186 g/mol. The van der Waals surface area contributed by atoms with Gasteiger partial charge < -0.3 is 5.41 Å². The van der Waals surface area contributed by atoms with Crippen LogP contribution in [0.1, 0.15) is 13.8 Å². The van der Waals surface area contributed by atoms with E-state index in [1.54, 1.807) is 25.4 Å². The topological polar surface area (TPSA) is 36.2 Å². The Morgan fingerprint density at radius 3 is 2.93 bits per heavy atom. The molecule has 0 saturated heterocycles. The Bertz CT molecular complexity index is 366. The van der Waals surface area contributed by atoms with Gasteiger partial charge in [0.05, 0.1) is 0 Å². The number of rotatable bonds is 2. The minimum absolute atomic E-state index is 0.542. The first-order chi connectivity index (χ1) is 6.70. The maximum Gasteiger partial charge on any atom is 0.0342 e. The van der Waals surface area contributed by atoms with Gasteiger partial charge in [0.25, 0.3) is 0 Å². The first-order valence-electron chi connectivity index (χ1n) is 4.50.